The summed E-state index contributed by atoms with van der Waals surface area (Å²) >= 11 is 6.35. The van der Waals surface area contributed by atoms with Crippen molar-refractivity contribution >= 4 is 28.5 Å². The standard InChI is InChI=1S/C16H18ClNO4/c1-3-5-9-6-7-11-13(14(9)17)15(20)10(16(21)18-11)8-12(19)22-4-2/h6-7H,3-5,8H2,1-2H3,(H2,18,20,21). The lowest BCUT2D eigenvalue weighted by Crippen LogP contribution is -2.08. The van der Waals surface area contributed by atoms with Crippen molar-refractivity contribution in [3.8, 4) is 11.6 Å². The minimum atomic E-state index is -0.546. The second-order valence-electron chi connectivity index (χ2n) is 4.93. The van der Waals surface area contributed by atoms with Crippen LogP contribution in [0.25, 0.3) is 10.9 Å². The van der Waals surface area contributed by atoms with Crippen LogP contribution in [0, 0.1) is 0 Å². The molecule has 0 aliphatic heterocycles. The number of nitrogens with zero attached hydrogens (tertiary/aromatic N) is 1. The molecule has 1 aromatic heterocycles. The van der Waals surface area contributed by atoms with E-state index in [1.165, 1.54) is 0 Å². The van der Waals surface area contributed by atoms with Crippen molar-refractivity contribution in [3.63, 3.8) is 0 Å². The van der Waals surface area contributed by atoms with Gasteiger partial charge in [0.25, 0.3) is 0 Å². The smallest absolute Gasteiger partial charge is 0.310 e. The summed E-state index contributed by atoms with van der Waals surface area (Å²) in [6.45, 7) is 3.94. The Morgan fingerprint density at radius 1 is 1.32 bits per heavy atom. The highest BCUT2D eigenvalue weighted by Gasteiger charge is 2.20. The molecule has 1 aromatic carbocycles. The van der Waals surface area contributed by atoms with Crippen LogP contribution in [-0.4, -0.2) is 27.8 Å². The van der Waals surface area contributed by atoms with E-state index < -0.39 is 11.8 Å². The summed E-state index contributed by atoms with van der Waals surface area (Å²) in [6, 6.07) is 3.52. The van der Waals surface area contributed by atoms with Crippen molar-refractivity contribution in [2.75, 3.05) is 6.61 Å². The van der Waals surface area contributed by atoms with E-state index in [0.29, 0.717) is 15.9 Å². The number of ether oxygens (including phenoxy) is 1. The van der Waals surface area contributed by atoms with Crippen LogP contribution >= 0.6 is 11.6 Å². The number of aromatic hydroxyl groups is 2. The molecular weight excluding hydrogens is 306 g/mol. The number of carbonyl (C=O) groups excluding carboxylic acids is 1. The molecule has 22 heavy (non-hydrogen) atoms. The average Bonchev–Trinajstić information content (AvgIpc) is 2.46. The molecule has 0 fully saturated rings. The maximum atomic E-state index is 11.6. The number of halogens is 1. The fourth-order valence-electron chi connectivity index (χ4n) is 2.35. The summed E-state index contributed by atoms with van der Waals surface area (Å²) in [7, 11) is 0. The summed E-state index contributed by atoms with van der Waals surface area (Å²) in [5, 5.41) is 21.1. The zero-order valence-corrected chi connectivity index (χ0v) is 13.3. The maximum Gasteiger partial charge on any atom is 0.310 e. The van der Waals surface area contributed by atoms with E-state index >= 15 is 0 Å². The molecule has 2 rings (SSSR count). The van der Waals surface area contributed by atoms with Gasteiger partial charge in [0.1, 0.15) is 5.75 Å². The van der Waals surface area contributed by atoms with Crippen LogP contribution in [0.5, 0.6) is 11.6 Å². The molecule has 0 saturated heterocycles. The topological polar surface area (TPSA) is 79.7 Å². The van der Waals surface area contributed by atoms with Crippen molar-refractivity contribution in [2.24, 2.45) is 0 Å². The third-order valence-electron chi connectivity index (χ3n) is 3.36. The number of benzene rings is 1. The minimum Gasteiger partial charge on any atom is -0.507 e. The lowest BCUT2D eigenvalue weighted by molar-refractivity contribution is -0.142. The molecule has 0 radical (unpaired) electrons. The van der Waals surface area contributed by atoms with Gasteiger partial charge in [-0.25, -0.2) is 4.98 Å². The van der Waals surface area contributed by atoms with E-state index in [9.17, 15) is 15.0 Å². The van der Waals surface area contributed by atoms with Crippen molar-refractivity contribution in [2.45, 2.75) is 33.1 Å². The van der Waals surface area contributed by atoms with E-state index in [1.807, 2.05) is 13.0 Å². The number of fused-ring (bicyclic) bond motifs is 1. The van der Waals surface area contributed by atoms with Gasteiger partial charge >= 0.3 is 5.97 Å². The monoisotopic (exact) mass is 323 g/mol. The van der Waals surface area contributed by atoms with Crippen molar-refractivity contribution in [1.29, 1.82) is 0 Å². The van der Waals surface area contributed by atoms with Gasteiger partial charge in [-0.15, -0.1) is 0 Å². The van der Waals surface area contributed by atoms with E-state index in [2.05, 4.69) is 4.98 Å². The molecule has 6 heteroatoms. The number of carbonyl (C=O) groups is 1. The first-order chi connectivity index (χ1) is 10.5. The molecular formula is C16H18ClNO4. The highest BCUT2D eigenvalue weighted by atomic mass is 35.5. The number of rotatable bonds is 5. The quantitative estimate of drug-likeness (QED) is 0.825. The number of esters is 1. The number of hydrogen-bond acceptors (Lipinski definition) is 5. The Bertz CT molecular complexity index is 715. The molecule has 0 aliphatic rings. The zero-order valence-electron chi connectivity index (χ0n) is 12.5. The molecule has 0 aliphatic carbocycles. The first-order valence-electron chi connectivity index (χ1n) is 7.17. The Kier molecular flexibility index (Phi) is 5.08. The van der Waals surface area contributed by atoms with Gasteiger partial charge in [0.05, 0.1) is 34.5 Å². The highest BCUT2D eigenvalue weighted by Crippen LogP contribution is 2.39. The van der Waals surface area contributed by atoms with E-state index in [1.54, 1.807) is 13.0 Å². The predicted octanol–water partition coefficient (Wildman–Crippen LogP) is 3.36. The highest BCUT2D eigenvalue weighted by molar-refractivity contribution is 6.36. The van der Waals surface area contributed by atoms with Gasteiger partial charge < -0.3 is 14.9 Å². The molecule has 0 unspecified atom stereocenters. The first kappa shape index (κ1) is 16.4. The van der Waals surface area contributed by atoms with Gasteiger partial charge in [-0.05, 0) is 25.0 Å². The normalized spacial score (nSPS) is 10.9. The average molecular weight is 324 g/mol. The third-order valence-corrected chi connectivity index (χ3v) is 3.80. The van der Waals surface area contributed by atoms with Crippen LogP contribution in [0.1, 0.15) is 31.4 Å². The molecule has 118 valence electrons. The Balaban J connectivity index is 2.58. The molecule has 1 heterocycles. The van der Waals surface area contributed by atoms with Crippen LogP contribution in [0.3, 0.4) is 0 Å². The van der Waals surface area contributed by atoms with Gasteiger partial charge in [0.15, 0.2) is 0 Å². The van der Waals surface area contributed by atoms with Crippen LogP contribution in [0.15, 0.2) is 12.1 Å². The van der Waals surface area contributed by atoms with Crippen molar-refractivity contribution < 1.29 is 19.7 Å². The number of pyridine rings is 1. The molecule has 5 nitrogen and oxygen atoms in total. The second-order valence-corrected chi connectivity index (χ2v) is 5.31. The Morgan fingerprint density at radius 2 is 2.05 bits per heavy atom. The fraction of sp³-hybridized carbons (Fsp3) is 0.375. The third kappa shape index (κ3) is 3.09. The van der Waals surface area contributed by atoms with E-state index in [-0.39, 0.29) is 24.3 Å². The van der Waals surface area contributed by atoms with Crippen LogP contribution in [0.2, 0.25) is 5.02 Å². The fourth-order valence-corrected chi connectivity index (χ4v) is 2.69. The Labute approximate surface area is 133 Å². The number of aryl methyl sites for hydroxylation is 1. The van der Waals surface area contributed by atoms with E-state index in [0.717, 1.165) is 18.4 Å². The lowest BCUT2D eigenvalue weighted by Gasteiger charge is -2.12. The summed E-state index contributed by atoms with van der Waals surface area (Å²) in [5.41, 5.74) is 1.30. The largest absolute Gasteiger partial charge is 0.507 e. The van der Waals surface area contributed by atoms with E-state index in [4.69, 9.17) is 16.3 Å². The van der Waals surface area contributed by atoms with Crippen LogP contribution in [-0.2, 0) is 22.4 Å². The molecule has 0 bridgehead atoms. The summed E-state index contributed by atoms with van der Waals surface area (Å²) in [6.07, 6.45) is 1.41. The zero-order chi connectivity index (χ0) is 16.3. The predicted molar refractivity (Wildman–Crippen MR) is 84.4 cm³/mol. The Morgan fingerprint density at radius 3 is 2.68 bits per heavy atom. The number of hydrogen-bond donors (Lipinski definition) is 2. The molecule has 0 spiro atoms. The summed E-state index contributed by atoms with van der Waals surface area (Å²) in [5.74, 6) is -1.16. The van der Waals surface area contributed by atoms with Gasteiger partial charge in [0, 0.05) is 0 Å². The van der Waals surface area contributed by atoms with Gasteiger partial charge in [-0.2, -0.15) is 0 Å². The first-order valence-corrected chi connectivity index (χ1v) is 7.54. The van der Waals surface area contributed by atoms with Crippen LogP contribution in [0.4, 0.5) is 0 Å². The van der Waals surface area contributed by atoms with Gasteiger partial charge in [-0.3, -0.25) is 4.79 Å². The number of aromatic nitrogens is 1. The van der Waals surface area contributed by atoms with Gasteiger partial charge in [0.2, 0.25) is 5.88 Å². The van der Waals surface area contributed by atoms with Crippen molar-refractivity contribution in [3.05, 3.63) is 28.3 Å². The maximum absolute atomic E-state index is 11.6. The van der Waals surface area contributed by atoms with Crippen molar-refractivity contribution in [1.82, 2.24) is 4.98 Å². The summed E-state index contributed by atoms with van der Waals surface area (Å²) < 4.78 is 4.84. The lowest BCUT2D eigenvalue weighted by atomic mass is 10.0. The Hall–Kier alpha value is -2.01. The molecule has 0 atom stereocenters. The molecule has 2 aromatic rings. The second kappa shape index (κ2) is 6.83. The van der Waals surface area contributed by atoms with Gasteiger partial charge in [-0.1, -0.05) is 31.0 Å². The molecule has 2 N–H and O–H groups in total. The molecule has 0 saturated carbocycles. The van der Waals surface area contributed by atoms with Crippen LogP contribution < -0.4 is 0 Å². The minimum absolute atomic E-state index is 0.0292. The molecule has 0 amide bonds. The summed E-state index contributed by atoms with van der Waals surface area (Å²) in [4.78, 5) is 15.6. The SMILES string of the molecule is CCCc1ccc2nc(O)c(CC(=O)OCC)c(O)c2c1Cl.